The van der Waals surface area contributed by atoms with Crippen molar-refractivity contribution in [3.8, 4) is 0 Å². The number of nitrogens with one attached hydrogen (secondary N) is 3. The number of amides is 2. The number of benzene rings is 3. The van der Waals surface area contributed by atoms with Gasteiger partial charge in [-0.25, -0.2) is 4.79 Å². The number of thioether (sulfide) groups is 1. The van der Waals surface area contributed by atoms with Crippen molar-refractivity contribution in [1.82, 2.24) is 16.0 Å². The molecule has 0 bridgehead atoms. The summed E-state index contributed by atoms with van der Waals surface area (Å²) >= 11 is 7.84. The van der Waals surface area contributed by atoms with Crippen LogP contribution in [-0.2, 0) is 9.53 Å². The van der Waals surface area contributed by atoms with Gasteiger partial charge in [0.05, 0.1) is 12.2 Å². The Kier molecular flexibility index (Phi) is 11.3. The maximum Gasteiger partial charge on any atom is 0.405 e. The highest BCUT2D eigenvalue weighted by Gasteiger charge is 2.32. The lowest BCUT2D eigenvalue weighted by molar-refractivity contribution is -0.123. The van der Waals surface area contributed by atoms with Crippen molar-refractivity contribution >= 4 is 35.4 Å². The van der Waals surface area contributed by atoms with Gasteiger partial charge in [-0.1, -0.05) is 72.3 Å². The van der Waals surface area contributed by atoms with Crippen molar-refractivity contribution in [2.24, 2.45) is 0 Å². The molecule has 1 aliphatic heterocycles. The van der Waals surface area contributed by atoms with Gasteiger partial charge in [-0.05, 0) is 54.7 Å². The van der Waals surface area contributed by atoms with Crippen LogP contribution in [0.15, 0.2) is 83.8 Å². The molecule has 0 aromatic heterocycles. The summed E-state index contributed by atoms with van der Waals surface area (Å²) in [5.74, 6) is 0.0216. The molecule has 1 saturated heterocycles. The zero-order valence-electron chi connectivity index (χ0n) is 22.5. The quantitative estimate of drug-likeness (QED) is 0.167. The van der Waals surface area contributed by atoms with E-state index in [9.17, 15) is 14.7 Å². The molecule has 0 spiro atoms. The van der Waals surface area contributed by atoms with E-state index in [2.05, 4.69) is 22.9 Å². The molecule has 1 heterocycles. The number of carbonyl (C=O) groups excluding carboxylic acids is 1. The number of rotatable bonds is 12. The highest BCUT2D eigenvalue weighted by molar-refractivity contribution is 7.99. The minimum atomic E-state index is -1.24. The Hall–Kier alpha value is -3.04. The summed E-state index contributed by atoms with van der Waals surface area (Å²) in [5, 5.41) is 19.2. The zero-order chi connectivity index (χ0) is 28.3. The van der Waals surface area contributed by atoms with E-state index in [1.54, 1.807) is 11.8 Å². The first-order valence-corrected chi connectivity index (χ1v) is 14.9. The van der Waals surface area contributed by atoms with Crippen LogP contribution in [-0.4, -0.2) is 60.7 Å². The number of aryl methyl sites for hydroxylation is 1. The van der Waals surface area contributed by atoms with Crippen molar-refractivity contribution < 1.29 is 19.4 Å². The maximum absolute atomic E-state index is 13.3. The van der Waals surface area contributed by atoms with Crippen molar-refractivity contribution in [3.63, 3.8) is 0 Å². The zero-order valence-corrected chi connectivity index (χ0v) is 24.1. The summed E-state index contributed by atoms with van der Waals surface area (Å²) < 4.78 is 6.32. The minimum absolute atomic E-state index is 0.0527. The van der Waals surface area contributed by atoms with E-state index >= 15 is 0 Å². The lowest BCUT2D eigenvalue weighted by atomic mass is 9.84. The van der Waals surface area contributed by atoms with E-state index in [1.807, 2.05) is 78.9 Å². The van der Waals surface area contributed by atoms with Gasteiger partial charge in [0.2, 0.25) is 5.91 Å². The van der Waals surface area contributed by atoms with Crippen LogP contribution in [0.2, 0.25) is 5.02 Å². The van der Waals surface area contributed by atoms with Crippen LogP contribution in [0.25, 0.3) is 0 Å². The third-order valence-electron chi connectivity index (χ3n) is 6.90. The summed E-state index contributed by atoms with van der Waals surface area (Å²) in [6, 6.07) is 24.0. The molecule has 3 atom stereocenters. The molecule has 40 heavy (non-hydrogen) atoms. The van der Waals surface area contributed by atoms with Crippen LogP contribution in [0.4, 0.5) is 4.79 Å². The molecule has 4 rings (SSSR count). The Labute approximate surface area is 245 Å². The fourth-order valence-electron chi connectivity index (χ4n) is 4.98. The van der Waals surface area contributed by atoms with Gasteiger partial charge in [0, 0.05) is 41.2 Å². The molecule has 3 aromatic rings. The number of halogens is 1. The number of ether oxygens (including phenoxy) is 1. The van der Waals surface area contributed by atoms with E-state index in [1.165, 1.54) is 4.90 Å². The molecule has 0 radical (unpaired) electrons. The predicted octanol–water partition coefficient (Wildman–Crippen LogP) is 5.46. The summed E-state index contributed by atoms with van der Waals surface area (Å²) in [7, 11) is 0. The fourth-order valence-corrected chi connectivity index (χ4v) is 6.22. The lowest BCUT2D eigenvalue weighted by Crippen LogP contribution is -2.50. The first-order valence-electron chi connectivity index (χ1n) is 13.5. The molecular formula is C31H36ClN3O4S. The Morgan fingerprint density at radius 2 is 1.68 bits per heavy atom. The standard InChI is InChI=1S/C31H36ClN3O4S/c1-21-17-24(32)14-15-27(21)40-20-26-19-33-18-25(39-26)13-8-16-34-30(36)29(35-31(37)38)28(22-9-4-2-5-10-22)23-11-6-3-7-12-23/h2-7,9-12,14-15,17,25-26,28-29,33,35H,8,13,16,18-20H2,1H3,(H,34,36)(H,37,38)/t25?,26-,29-/m0/s1. The van der Waals surface area contributed by atoms with Crippen molar-refractivity contribution in [1.29, 1.82) is 0 Å². The number of hydrogen-bond acceptors (Lipinski definition) is 5. The van der Waals surface area contributed by atoms with Gasteiger partial charge in [0.15, 0.2) is 0 Å². The van der Waals surface area contributed by atoms with Crippen molar-refractivity contribution in [2.45, 2.75) is 48.8 Å². The number of carbonyl (C=O) groups is 2. The number of morpholine rings is 1. The molecule has 212 valence electrons. The van der Waals surface area contributed by atoms with Crippen LogP contribution in [0.5, 0.6) is 0 Å². The Morgan fingerprint density at radius 3 is 2.30 bits per heavy atom. The molecular weight excluding hydrogens is 546 g/mol. The fraction of sp³-hybridized carbons (Fsp3) is 0.355. The smallest absolute Gasteiger partial charge is 0.405 e. The first-order chi connectivity index (χ1) is 19.4. The van der Waals surface area contributed by atoms with Crippen LogP contribution in [0, 0.1) is 6.92 Å². The van der Waals surface area contributed by atoms with E-state index < -0.39 is 18.1 Å². The minimum Gasteiger partial charge on any atom is -0.465 e. The van der Waals surface area contributed by atoms with Gasteiger partial charge in [0.1, 0.15) is 6.04 Å². The average Bonchev–Trinajstić information content (AvgIpc) is 2.95. The van der Waals surface area contributed by atoms with E-state index in [0.29, 0.717) is 6.54 Å². The molecule has 0 aliphatic carbocycles. The van der Waals surface area contributed by atoms with Gasteiger partial charge in [-0.2, -0.15) is 0 Å². The van der Waals surface area contributed by atoms with Crippen molar-refractivity contribution in [3.05, 3.63) is 101 Å². The molecule has 3 aromatic carbocycles. The summed E-state index contributed by atoms with van der Waals surface area (Å²) in [4.78, 5) is 26.3. The Balaban J connectivity index is 1.30. The van der Waals surface area contributed by atoms with Crippen LogP contribution < -0.4 is 16.0 Å². The molecule has 9 heteroatoms. The van der Waals surface area contributed by atoms with Gasteiger partial charge >= 0.3 is 6.09 Å². The second kappa shape index (κ2) is 15.1. The maximum atomic E-state index is 13.3. The van der Waals surface area contributed by atoms with Crippen LogP contribution >= 0.6 is 23.4 Å². The topological polar surface area (TPSA) is 99.7 Å². The van der Waals surface area contributed by atoms with Crippen LogP contribution in [0.3, 0.4) is 0 Å². The highest BCUT2D eigenvalue weighted by Crippen LogP contribution is 2.29. The molecule has 2 amide bonds. The average molecular weight is 582 g/mol. The van der Waals surface area contributed by atoms with Gasteiger partial charge in [-0.3, -0.25) is 4.79 Å². The second-order valence-electron chi connectivity index (χ2n) is 9.92. The van der Waals surface area contributed by atoms with E-state index in [-0.39, 0.29) is 18.1 Å². The Bertz CT molecular complexity index is 1210. The van der Waals surface area contributed by atoms with E-state index in [4.69, 9.17) is 16.3 Å². The largest absolute Gasteiger partial charge is 0.465 e. The molecule has 0 saturated carbocycles. The molecule has 1 fully saturated rings. The normalized spacial score (nSPS) is 17.8. The summed E-state index contributed by atoms with van der Waals surface area (Å²) in [6.07, 6.45) is 0.407. The highest BCUT2D eigenvalue weighted by atomic mass is 35.5. The monoisotopic (exact) mass is 581 g/mol. The molecule has 7 nitrogen and oxygen atoms in total. The summed E-state index contributed by atoms with van der Waals surface area (Å²) in [5.41, 5.74) is 2.88. The third kappa shape index (κ3) is 8.73. The van der Waals surface area contributed by atoms with Gasteiger partial charge < -0.3 is 25.8 Å². The molecule has 4 N–H and O–H groups in total. The lowest BCUT2D eigenvalue weighted by Gasteiger charge is -2.31. The van der Waals surface area contributed by atoms with Gasteiger partial charge in [-0.15, -0.1) is 11.8 Å². The predicted molar refractivity (Wildman–Crippen MR) is 160 cm³/mol. The summed E-state index contributed by atoms with van der Waals surface area (Å²) in [6.45, 7) is 4.05. The van der Waals surface area contributed by atoms with Crippen LogP contribution in [0.1, 0.15) is 35.4 Å². The second-order valence-corrected chi connectivity index (χ2v) is 11.4. The Morgan fingerprint density at radius 1 is 1.02 bits per heavy atom. The number of carboxylic acid groups (broad SMARTS) is 1. The molecule has 1 aliphatic rings. The molecule has 1 unspecified atom stereocenters. The van der Waals surface area contributed by atoms with E-state index in [0.717, 1.165) is 53.4 Å². The van der Waals surface area contributed by atoms with Crippen molar-refractivity contribution in [2.75, 3.05) is 25.4 Å². The third-order valence-corrected chi connectivity index (χ3v) is 8.45. The number of hydrogen-bond donors (Lipinski definition) is 4. The SMILES string of the molecule is Cc1cc(Cl)ccc1SC[C@@H]1CNCC(CCCNC(=O)[C@@H](NC(=O)O)C(c2ccccc2)c2ccccc2)O1. The first kappa shape index (κ1) is 29.9. The van der Waals surface area contributed by atoms with Gasteiger partial charge in [0.25, 0.3) is 0 Å².